The van der Waals surface area contributed by atoms with Crippen LogP contribution in [-0.2, 0) is 4.79 Å². The molecule has 2 aliphatic rings. The minimum atomic E-state index is -0.175. The quantitative estimate of drug-likeness (QED) is 0.819. The molecule has 0 aromatic carbocycles. The van der Waals surface area contributed by atoms with Crippen LogP contribution in [0.4, 0.5) is 0 Å². The summed E-state index contributed by atoms with van der Waals surface area (Å²) in [6.07, 6.45) is 6.68. The molecule has 0 aliphatic carbocycles. The molecule has 0 aromatic rings. The molecule has 19 heavy (non-hydrogen) atoms. The summed E-state index contributed by atoms with van der Waals surface area (Å²) in [5.41, 5.74) is 3.07. The molecule has 0 aromatic heterocycles. The van der Waals surface area contributed by atoms with Crippen molar-refractivity contribution in [1.82, 2.24) is 15.8 Å². The van der Waals surface area contributed by atoms with Crippen LogP contribution in [0.5, 0.6) is 0 Å². The van der Waals surface area contributed by atoms with Crippen molar-refractivity contribution in [1.29, 1.82) is 0 Å². The van der Waals surface area contributed by atoms with Crippen molar-refractivity contribution in [3.8, 4) is 0 Å². The van der Waals surface area contributed by atoms with Gasteiger partial charge in [0.25, 0.3) is 0 Å². The second kappa shape index (κ2) is 6.23. The van der Waals surface area contributed by atoms with E-state index in [1.807, 2.05) is 0 Å². The molecule has 4 heteroatoms. The first-order chi connectivity index (χ1) is 9.09. The maximum atomic E-state index is 12.7. The van der Waals surface area contributed by atoms with Crippen LogP contribution in [0.15, 0.2) is 0 Å². The van der Waals surface area contributed by atoms with Crippen LogP contribution in [0, 0.1) is 5.41 Å². The molecule has 0 bridgehead atoms. The average Bonchev–Trinajstić information content (AvgIpc) is 2.84. The standard InChI is InChI=1S/C15H29N3O/c1-4-8-15(9-10-16-11-15)14(19)17-18-12(2)6-5-7-13(18)3/h12-13,16H,4-11H2,1-3H3,(H,17,19). The number of carbonyl (C=O) groups excluding carboxylic acids is 1. The van der Waals surface area contributed by atoms with Crippen molar-refractivity contribution in [2.75, 3.05) is 13.1 Å². The smallest absolute Gasteiger partial charge is 0.241 e. The highest BCUT2D eigenvalue weighted by Gasteiger charge is 2.41. The maximum absolute atomic E-state index is 12.7. The second-order valence-corrected chi connectivity index (χ2v) is 6.43. The zero-order valence-electron chi connectivity index (χ0n) is 12.7. The van der Waals surface area contributed by atoms with Gasteiger partial charge in [-0.2, -0.15) is 0 Å². The van der Waals surface area contributed by atoms with E-state index in [2.05, 4.69) is 36.5 Å². The maximum Gasteiger partial charge on any atom is 0.241 e. The van der Waals surface area contributed by atoms with Gasteiger partial charge in [-0.1, -0.05) is 19.8 Å². The number of nitrogens with one attached hydrogen (secondary N) is 2. The molecule has 2 rings (SSSR count). The fraction of sp³-hybridized carbons (Fsp3) is 0.933. The molecule has 2 saturated heterocycles. The fourth-order valence-corrected chi connectivity index (χ4v) is 3.62. The Morgan fingerprint density at radius 1 is 1.37 bits per heavy atom. The van der Waals surface area contributed by atoms with Gasteiger partial charge in [0.1, 0.15) is 0 Å². The minimum Gasteiger partial charge on any atom is -0.316 e. The topological polar surface area (TPSA) is 44.4 Å². The molecular formula is C15H29N3O. The number of rotatable bonds is 4. The van der Waals surface area contributed by atoms with E-state index >= 15 is 0 Å². The molecule has 2 heterocycles. The second-order valence-electron chi connectivity index (χ2n) is 6.43. The molecule has 0 radical (unpaired) electrons. The number of piperidine rings is 1. The van der Waals surface area contributed by atoms with Gasteiger partial charge in [-0.05, 0) is 46.1 Å². The third kappa shape index (κ3) is 3.11. The Morgan fingerprint density at radius 2 is 2.05 bits per heavy atom. The predicted octanol–water partition coefficient (Wildman–Crippen LogP) is 2.06. The van der Waals surface area contributed by atoms with E-state index < -0.39 is 0 Å². The van der Waals surface area contributed by atoms with Crippen molar-refractivity contribution in [2.45, 2.75) is 71.4 Å². The van der Waals surface area contributed by atoms with Gasteiger partial charge in [0.15, 0.2) is 0 Å². The van der Waals surface area contributed by atoms with Crippen LogP contribution < -0.4 is 10.7 Å². The lowest BCUT2D eigenvalue weighted by Crippen LogP contribution is -2.57. The molecule has 2 N–H and O–H groups in total. The SMILES string of the molecule is CCCC1(C(=O)NN2C(C)CCCC2C)CCNC1. The van der Waals surface area contributed by atoms with Crippen molar-refractivity contribution in [2.24, 2.45) is 5.41 Å². The first-order valence-electron chi connectivity index (χ1n) is 7.89. The molecule has 4 nitrogen and oxygen atoms in total. The van der Waals surface area contributed by atoms with Gasteiger partial charge in [-0.3, -0.25) is 10.2 Å². The normalized spacial score (nSPS) is 36.4. The van der Waals surface area contributed by atoms with Gasteiger partial charge in [0.2, 0.25) is 5.91 Å². The number of hydrogen-bond donors (Lipinski definition) is 2. The summed E-state index contributed by atoms with van der Waals surface area (Å²) < 4.78 is 0. The van der Waals surface area contributed by atoms with Gasteiger partial charge in [0, 0.05) is 18.6 Å². The first-order valence-corrected chi connectivity index (χ1v) is 7.89. The minimum absolute atomic E-state index is 0.175. The summed E-state index contributed by atoms with van der Waals surface area (Å²) in [4.78, 5) is 12.7. The Balaban J connectivity index is 2.02. The monoisotopic (exact) mass is 267 g/mol. The first kappa shape index (κ1) is 14.8. The molecule has 0 saturated carbocycles. The van der Waals surface area contributed by atoms with E-state index in [4.69, 9.17) is 0 Å². The molecule has 1 amide bonds. The van der Waals surface area contributed by atoms with E-state index in [1.165, 1.54) is 19.3 Å². The molecule has 3 atom stereocenters. The van der Waals surface area contributed by atoms with E-state index in [0.29, 0.717) is 12.1 Å². The molecular weight excluding hydrogens is 238 g/mol. The lowest BCUT2D eigenvalue weighted by atomic mass is 9.81. The van der Waals surface area contributed by atoms with Gasteiger partial charge in [0.05, 0.1) is 5.41 Å². The van der Waals surface area contributed by atoms with Crippen LogP contribution in [0.1, 0.15) is 59.3 Å². The predicted molar refractivity (Wildman–Crippen MR) is 77.6 cm³/mol. The molecule has 2 aliphatic heterocycles. The van der Waals surface area contributed by atoms with Crippen LogP contribution in [-0.4, -0.2) is 36.1 Å². The van der Waals surface area contributed by atoms with E-state index in [1.54, 1.807) is 0 Å². The van der Waals surface area contributed by atoms with Crippen LogP contribution in [0.25, 0.3) is 0 Å². The lowest BCUT2D eigenvalue weighted by Gasteiger charge is -2.41. The number of hydrazine groups is 1. The highest BCUT2D eigenvalue weighted by atomic mass is 16.2. The number of nitrogens with zero attached hydrogens (tertiary/aromatic N) is 1. The van der Waals surface area contributed by atoms with Crippen molar-refractivity contribution >= 4 is 5.91 Å². The Kier molecular flexibility index (Phi) is 4.85. The Bertz CT molecular complexity index is 303. The summed E-state index contributed by atoms with van der Waals surface area (Å²) in [5, 5.41) is 5.56. The van der Waals surface area contributed by atoms with Gasteiger partial charge in [-0.25, -0.2) is 5.01 Å². The third-order valence-corrected chi connectivity index (χ3v) is 4.88. The zero-order valence-corrected chi connectivity index (χ0v) is 12.7. The number of amides is 1. The summed E-state index contributed by atoms with van der Waals surface area (Å²) in [6.45, 7) is 8.41. The highest BCUT2D eigenvalue weighted by Crippen LogP contribution is 2.32. The summed E-state index contributed by atoms with van der Waals surface area (Å²) in [5.74, 6) is 0.236. The van der Waals surface area contributed by atoms with Gasteiger partial charge >= 0.3 is 0 Å². The molecule has 2 fully saturated rings. The Hall–Kier alpha value is -0.610. The highest BCUT2D eigenvalue weighted by molar-refractivity contribution is 5.82. The van der Waals surface area contributed by atoms with E-state index in [9.17, 15) is 4.79 Å². The van der Waals surface area contributed by atoms with Crippen LogP contribution in [0.2, 0.25) is 0 Å². The number of carbonyl (C=O) groups is 1. The lowest BCUT2D eigenvalue weighted by molar-refractivity contribution is -0.139. The van der Waals surface area contributed by atoms with Crippen molar-refractivity contribution < 1.29 is 4.79 Å². The largest absolute Gasteiger partial charge is 0.316 e. The Morgan fingerprint density at radius 3 is 2.58 bits per heavy atom. The third-order valence-electron chi connectivity index (χ3n) is 4.88. The van der Waals surface area contributed by atoms with Crippen molar-refractivity contribution in [3.63, 3.8) is 0 Å². The number of hydrogen-bond acceptors (Lipinski definition) is 3. The van der Waals surface area contributed by atoms with Crippen molar-refractivity contribution in [3.05, 3.63) is 0 Å². The fourth-order valence-electron chi connectivity index (χ4n) is 3.62. The average molecular weight is 267 g/mol. The summed E-state index contributed by atoms with van der Waals surface area (Å²) in [7, 11) is 0. The zero-order chi connectivity index (χ0) is 13.9. The van der Waals surface area contributed by atoms with Crippen LogP contribution >= 0.6 is 0 Å². The van der Waals surface area contributed by atoms with Gasteiger partial charge < -0.3 is 5.32 Å². The summed E-state index contributed by atoms with van der Waals surface area (Å²) in [6, 6.07) is 0.918. The molecule has 0 spiro atoms. The van der Waals surface area contributed by atoms with E-state index in [0.717, 1.165) is 32.4 Å². The van der Waals surface area contributed by atoms with Gasteiger partial charge in [-0.15, -0.1) is 0 Å². The summed E-state index contributed by atoms with van der Waals surface area (Å²) >= 11 is 0. The molecule has 3 unspecified atom stereocenters. The Labute approximate surface area is 117 Å². The van der Waals surface area contributed by atoms with E-state index in [-0.39, 0.29) is 11.3 Å². The van der Waals surface area contributed by atoms with Crippen LogP contribution in [0.3, 0.4) is 0 Å². The molecule has 110 valence electrons.